The molecule has 1 aliphatic heterocycles. The maximum atomic E-state index is 12.0. The Morgan fingerprint density at radius 3 is 2.80 bits per heavy atom. The number of rotatable bonds is 5. The van der Waals surface area contributed by atoms with E-state index in [4.69, 9.17) is 25.8 Å². The Morgan fingerprint density at radius 1 is 1.24 bits per heavy atom. The third-order valence-corrected chi connectivity index (χ3v) is 3.59. The number of hydrogen-bond donors (Lipinski definition) is 0. The highest BCUT2D eigenvalue weighted by molar-refractivity contribution is 6.31. The van der Waals surface area contributed by atoms with Crippen molar-refractivity contribution in [2.45, 2.75) is 6.92 Å². The Morgan fingerprint density at radius 2 is 2.08 bits per heavy atom. The molecule has 7 heteroatoms. The number of aliphatic imine (C=N–C) groups is 1. The lowest BCUT2D eigenvalue weighted by molar-refractivity contribution is -0.129. The molecule has 2 aromatic rings. The summed E-state index contributed by atoms with van der Waals surface area (Å²) in [6, 6.07) is 8.55. The standard InChI is InChI=1S/C18H15ClN2O4/c1-3-24-15-5-4-11(9-16(15)23-2)8-14-18(22)25-17(21-14)13-10-12(19)6-7-20-13/h4-10H,3H2,1-2H3/b14-8-. The van der Waals surface area contributed by atoms with Crippen molar-refractivity contribution in [1.82, 2.24) is 4.98 Å². The minimum absolute atomic E-state index is 0.122. The predicted octanol–water partition coefficient (Wildman–Crippen LogP) is 3.49. The Balaban J connectivity index is 1.91. The van der Waals surface area contributed by atoms with Gasteiger partial charge in [-0.1, -0.05) is 17.7 Å². The first-order chi connectivity index (χ1) is 12.1. The summed E-state index contributed by atoms with van der Waals surface area (Å²) in [7, 11) is 1.56. The van der Waals surface area contributed by atoms with E-state index in [2.05, 4.69) is 9.98 Å². The molecule has 0 spiro atoms. The van der Waals surface area contributed by atoms with Crippen molar-refractivity contribution in [2.24, 2.45) is 4.99 Å². The van der Waals surface area contributed by atoms with Gasteiger partial charge in [0.05, 0.1) is 13.7 Å². The number of pyridine rings is 1. The van der Waals surface area contributed by atoms with Gasteiger partial charge in [-0.3, -0.25) is 4.98 Å². The van der Waals surface area contributed by atoms with Crippen LogP contribution in [0.5, 0.6) is 11.5 Å². The smallest absolute Gasteiger partial charge is 0.363 e. The fraction of sp³-hybridized carbons (Fsp3) is 0.167. The molecule has 0 bridgehead atoms. The molecule has 1 aromatic carbocycles. The molecular formula is C18H15ClN2O4. The quantitative estimate of drug-likeness (QED) is 0.604. The summed E-state index contributed by atoms with van der Waals surface area (Å²) in [5.74, 6) is 0.776. The van der Waals surface area contributed by atoms with Gasteiger partial charge in [-0.25, -0.2) is 9.79 Å². The van der Waals surface area contributed by atoms with Crippen LogP contribution in [0.25, 0.3) is 6.08 Å². The molecule has 128 valence electrons. The van der Waals surface area contributed by atoms with E-state index in [1.807, 2.05) is 6.92 Å². The predicted molar refractivity (Wildman–Crippen MR) is 94.0 cm³/mol. The number of methoxy groups -OCH3 is 1. The molecule has 0 N–H and O–H groups in total. The second-order valence-corrected chi connectivity index (χ2v) is 5.48. The van der Waals surface area contributed by atoms with Crippen molar-refractivity contribution >= 4 is 29.5 Å². The van der Waals surface area contributed by atoms with Crippen LogP contribution < -0.4 is 9.47 Å². The maximum Gasteiger partial charge on any atom is 0.363 e. The lowest BCUT2D eigenvalue weighted by Gasteiger charge is -2.09. The van der Waals surface area contributed by atoms with Crippen LogP contribution in [-0.4, -0.2) is 30.6 Å². The summed E-state index contributed by atoms with van der Waals surface area (Å²) in [6.45, 7) is 2.42. The summed E-state index contributed by atoms with van der Waals surface area (Å²) in [6.07, 6.45) is 3.13. The third kappa shape index (κ3) is 3.80. The molecule has 0 saturated carbocycles. The monoisotopic (exact) mass is 358 g/mol. The van der Waals surface area contributed by atoms with Gasteiger partial charge in [-0.05, 0) is 42.8 Å². The van der Waals surface area contributed by atoms with Gasteiger partial charge in [-0.2, -0.15) is 0 Å². The van der Waals surface area contributed by atoms with Crippen molar-refractivity contribution in [3.8, 4) is 11.5 Å². The van der Waals surface area contributed by atoms with Gasteiger partial charge < -0.3 is 14.2 Å². The summed E-state index contributed by atoms with van der Waals surface area (Å²) < 4.78 is 15.9. The zero-order chi connectivity index (χ0) is 17.8. The van der Waals surface area contributed by atoms with Crippen LogP contribution in [0.15, 0.2) is 47.2 Å². The zero-order valence-electron chi connectivity index (χ0n) is 13.7. The molecule has 0 amide bonds. The van der Waals surface area contributed by atoms with E-state index in [1.54, 1.807) is 43.5 Å². The number of carbonyl (C=O) groups excluding carboxylic acids is 1. The van der Waals surface area contributed by atoms with Crippen molar-refractivity contribution in [2.75, 3.05) is 13.7 Å². The van der Waals surface area contributed by atoms with E-state index in [0.29, 0.717) is 28.8 Å². The Bertz CT molecular complexity index is 877. The van der Waals surface area contributed by atoms with E-state index >= 15 is 0 Å². The van der Waals surface area contributed by atoms with Gasteiger partial charge in [0.2, 0.25) is 5.90 Å². The number of benzene rings is 1. The Kier molecular flexibility index (Phi) is 5.00. The molecule has 0 radical (unpaired) electrons. The second kappa shape index (κ2) is 7.36. The number of halogens is 1. The summed E-state index contributed by atoms with van der Waals surface area (Å²) in [4.78, 5) is 20.4. The van der Waals surface area contributed by atoms with E-state index < -0.39 is 5.97 Å². The van der Waals surface area contributed by atoms with E-state index in [1.165, 1.54) is 6.20 Å². The SMILES string of the molecule is CCOc1ccc(/C=C2\N=C(c3cc(Cl)ccn3)OC2=O)cc1OC. The van der Waals surface area contributed by atoms with Crippen LogP contribution >= 0.6 is 11.6 Å². The Hall–Kier alpha value is -2.86. The van der Waals surface area contributed by atoms with Gasteiger partial charge in [-0.15, -0.1) is 0 Å². The van der Waals surface area contributed by atoms with Crippen molar-refractivity contribution in [3.05, 3.63) is 58.5 Å². The molecule has 0 saturated heterocycles. The lowest BCUT2D eigenvalue weighted by atomic mass is 10.1. The summed E-state index contributed by atoms with van der Waals surface area (Å²) >= 11 is 5.92. The highest BCUT2D eigenvalue weighted by Gasteiger charge is 2.25. The summed E-state index contributed by atoms with van der Waals surface area (Å²) in [5.41, 5.74) is 1.30. The van der Waals surface area contributed by atoms with Crippen LogP contribution in [-0.2, 0) is 9.53 Å². The van der Waals surface area contributed by atoms with E-state index in [0.717, 1.165) is 5.56 Å². The minimum Gasteiger partial charge on any atom is -0.493 e. The highest BCUT2D eigenvalue weighted by Crippen LogP contribution is 2.29. The summed E-state index contributed by atoms with van der Waals surface area (Å²) in [5, 5.41) is 0.484. The number of ether oxygens (including phenoxy) is 3. The number of carbonyl (C=O) groups is 1. The number of cyclic esters (lactones) is 1. The van der Waals surface area contributed by atoms with Gasteiger partial charge in [0.25, 0.3) is 0 Å². The molecule has 3 rings (SSSR count). The van der Waals surface area contributed by atoms with Gasteiger partial charge in [0.15, 0.2) is 17.2 Å². The van der Waals surface area contributed by atoms with Gasteiger partial charge in [0, 0.05) is 11.2 Å². The van der Waals surface area contributed by atoms with E-state index in [9.17, 15) is 4.79 Å². The molecular weight excluding hydrogens is 344 g/mol. The number of esters is 1. The zero-order valence-corrected chi connectivity index (χ0v) is 14.4. The maximum absolute atomic E-state index is 12.0. The highest BCUT2D eigenvalue weighted by atomic mass is 35.5. The van der Waals surface area contributed by atoms with Crippen molar-refractivity contribution in [1.29, 1.82) is 0 Å². The minimum atomic E-state index is -0.551. The number of hydrogen-bond acceptors (Lipinski definition) is 6. The van der Waals surface area contributed by atoms with Crippen LogP contribution in [0.2, 0.25) is 5.02 Å². The van der Waals surface area contributed by atoms with Crippen LogP contribution in [0.3, 0.4) is 0 Å². The van der Waals surface area contributed by atoms with Crippen LogP contribution in [0.1, 0.15) is 18.2 Å². The molecule has 6 nitrogen and oxygen atoms in total. The average molecular weight is 359 g/mol. The van der Waals surface area contributed by atoms with Gasteiger partial charge in [0.1, 0.15) is 5.69 Å². The second-order valence-electron chi connectivity index (χ2n) is 5.04. The number of aromatic nitrogens is 1. The van der Waals surface area contributed by atoms with E-state index in [-0.39, 0.29) is 11.6 Å². The molecule has 2 heterocycles. The first-order valence-electron chi connectivity index (χ1n) is 7.56. The molecule has 1 aliphatic rings. The Labute approximate surface area is 149 Å². The molecule has 1 aromatic heterocycles. The van der Waals surface area contributed by atoms with Crippen molar-refractivity contribution in [3.63, 3.8) is 0 Å². The molecule has 0 fully saturated rings. The fourth-order valence-corrected chi connectivity index (χ4v) is 2.41. The van der Waals surface area contributed by atoms with Crippen LogP contribution in [0, 0.1) is 0 Å². The first kappa shape index (κ1) is 17.0. The largest absolute Gasteiger partial charge is 0.493 e. The molecule has 0 aliphatic carbocycles. The molecule has 0 unspecified atom stereocenters. The van der Waals surface area contributed by atoms with Crippen molar-refractivity contribution < 1.29 is 19.0 Å². The molecule has 0 atom stereocenters. The third-order valence-electron chi connectivity index (χ3n) is 3.35. The molecule has 25 heavy (non-hydrogen) atoms. The first-order valence-corrected chi connectivity index (χ1v) is 7.94. The average Bonchev–Trinajstić information content (AvgIpc) is 2.97. The number of nitrogens with zero attached hydrogens (tertiary/aromatic N) is 2. The van der Waals surface area contributed by atoms with Gasteiger partial charge >= 0.3 is 5.97 Å². The van der Waals surface area contributed by atoms with Crippen LogP contribution in [0.4, 0.5) is 0 Å². The topological polar surface area (TPSA) is 70.0 Å². The fourth-order valence-electron chi connectivity index (χ4n) is 2.25. The lowest BCUT2D eigenvalue weighted by Crippen LogP contribution is -2.07. The normalized spacial score (nSPS) is 15.1.